The number of rotatable bonds is 2. The molecule has 3 unspecified atom stereocenters. The van der Waals surface area contributed by atoms with Gasteiger partial charge >= 0.3 is 0 Å². The van der Waals surface area contributed by atoms with Gasteiger partial charge in [0.05, 0.1) is 0 Å². The van der Waals surface area contributed by atoms with Crippen LogP contribution < -0.4 is 5.32 Å². The molecule has 1 saturated carbocycles. The first-order valence-electron chi connectivity index (χ1n) is 5.99. The minimum Gasteiger partial charge on any atom is -0.303 e. The second-order valence-corrected chi connectivity index (χ2v) is 4.88. The third kappa shape index (κ3) is 2.31. The second kappa shape index (κ2) is 4.76. The van der Waals surface area contributed by atoms with Crippen LogP contribution in [0.4, 0.5) is 0 Å². The highest BCUT2D eigenvalue weighted by Gasteiger charge is 2.35. The highest BCUT2D eigenvalue weighted by atomic mass is 16.2. The van der Waals surface area contributed by atoms with Gasteiger partial charge in [0.1, 0.15) is 6.29 Å². The van der Waals surface area contributed by atoms with E-state index in [1.807, 2.05) is 0 Å². The molecule has 0 radical (unpaired) electrons. The fraction of sp³-hybridized carbons (Fsp3) is 0.750. The summed E-state index contributed by atoms with van der Waals surface area (Å²) in [5.74, 6) is 0.0541. The Morgan fingerprint density at radius 2 is 2.00 bits per heavy atom. The minimum absolute atomic E-state index is 0.0551. The number of hydrogen-bond donors (Lipinski definition) is 1. The Balaban J connectivity index is 1.98. The summed E-state index contributed by atoms with van der Waals surface area (Å²) in [6.07, 6.45) is 5.91. The lowest BCUT2D eigenvalue weighted by molar-refractivity contribution is -0.138. The second-order valence-electron chi connectivity index (χ2n) is 4.88. The van der Waals surface area contributed by atoms with E-state index in [1.165, 1.54) is 0 Å². The van der Waals surface area contributed by atoms with Crippen LogP contribution in [-0.4, -0.2) is 18.1 Å². The SMILES string of the molecule is O=CC1CCCC(C2CCC(=O)NC2=O)C1. The molecule has 0 aromatic rings. The Labute approximate surface area is 94.8 Å². The molecule has 4 nitrogen and oxygen atoms in total. The summed E-state index contributed by atoms with van der Waals surface area (Å²) in [4.78, 5) is 33.5. The first-order chi connectivity index (χ1) is 7.70. The fourth-order valence-corrected chi connectivity index (χ4v) is 2.92. The van der Waals surface area contributed by atoms with E-state index in [-0.39, 0.29) is 29.6 Å². The zero-order valence-corrected chi connectivity index (χ0v) is 9.28. The third-order valence-electron chi connectivity index (χ3n) is 3.80. The topological polar surface area (TPSA) is 63.2 Å². The van der Waals surface area contributed by atoms with Crippen molar-refractivity contribution in [3.63, 3.8) is 0 Å². The number of piperidine rings is 1. The Morgan fingerprint density at radius 3 is 2.69 bits per heavy atom. The Morgan fingerprint density at radius 1 is 1.19 bits per heavy atom. The maximum Gasteiger partial charge on any atom is 0.229 e. The smallest absolute Gasteiger partial charge is 0.229 e. The first-order valence-corrected chi connectivity index (χ1v) is 5.99. The maximum absolute atomic E-state index is 11.7. The molecule has 2 rings (SSSR count). The minimum atomic E-state index is -0.163. The number of amides is 2. The number of nitrogens with one attached hydrogen (secondary N) is 1. The fourth-order valence-electron chi connectivity index (χ4n) is 2.92. The molecule has 0 aromatic heterocycles. The Bertz CT molecular complexity index is 313. The van der Waals surface area contributed by atoms with E-state index in [0.29, 0.717) is 12.8 Å². The number of imide groups is 1. The van der Waals surface area contributed by atoms with Crippen molar-refractivity contribution in [1.29, 1.82) is 0 Å². The van der Waals surface area contributed by atoms with Gasteiger partial charge in [0.25, 0.3) is 0 Å². The summed E-state index contributed by atoms with van der Waals surface area (Å²) < 4.78 is 0. The number of aldehydes is 1. The van der Waals surface area contributed by atoms with E-state index >= 15 is 0 Å². The van der Waals surface area contributed by atoms with Gasteiger partial charge in [-0.1, -0.05) is 6.42 Å². The molecular formula is C12H17NO3. The van der Waals surface area contributed by atoms with Crippen molar-refractivity contribution in [2.24, 2.45) is 17.8 Å². The van der Waals surface area contributed by atoms with Crippen LogP contribution in [0.5, 0.6) is 0 Å². The van der Waals surface area contributed by atoms with Gasteiger partial charge < -0.3 is 4.79 Å². The monoisotopic (exact) mass is 223 g/mol. The molecule has 0 spiro atoms. The van der Waals surface area contributed by atoms with Crippen LogP contribution in [-0.2, 0) is 14.4 Å². The van der Waals surface area contributed by atoms with Crippen LogP contribution in [0.25, 0.3) is 0 Å². The zero-order chi connectivity index (χ0) is 11.5. The van der Waals surface area contributed by atoms with Crippen LogP contribution in [0.1, 0.15) is 38.5 Å². The van der Waals surface area contributed by atoms with Gasteiger partial charge in [0, 0.05) is 18.3 Å². The van der Waals surface area contributed by atoms with Crippen molar-refractivity contribution in [2.75, 3.05) is 0 Å². The predicted octanol–water partition coefficient (Wildman–Crippen LogP) is 1.04. The van der Waals surface area contributed by atoms with Crippen LogP contribution in [0.2, 0.25) is 0 Å². The van der Waals surface area contributed by atoms with E-state index in [0.717, 1.165) is 32.0 Å². The molecule has 2 amide bonds. The van der Waals surface area contributed by atoms with E-state index < -0.39 is 0 Å². The molecule has 0 bridgehead atoms. The van der Waals surface area contributed by atoms with Crippen LogP contribution >= 0.6 is 0 Å². The van der Waals surface area contributed by atoms with Crippen molar-refractivity contribution >= 4 is 18.1 Å². The normalized spacial score (nSPS) is 35.6. The Kier molecular flexibility index (Phi) is 3.36. The van der Waals surface area contributed by atoms with Gasteiger partial charge in [-0.05, 0) is 31.6 Å². The summed E-state index contributed by atoms with van der Waals surface area (Å²) in [7, 11) is 0. The molecule has 1 saturated heterocycles. The zero-order valence-electron chi connectivity index (χ0n) is 9.28. The number of carbonyl (C=O) groups is 3. The molecule has 1 heterocycles. The van der Waals surface area contributed by atoms with Crippen LogP contribution in [0.15, 0.2) is 0 Å². The first kappa shape index (κ1) is 11.3. The highest BCUT2D eigenvalue weighted by Crippen LogP contribution is 2.36. The van der Waals surface area contributed by atoms with Crippen molar-refractivity contribution in [1.82, 2.24) is 5.32 Å². The molecule has 16 heavy (non-hydrogen) atoms. The van der Waals surface area contributed by atoms with Gasteiger partial charge in [-0.25, -0.2) is 0 Å². The van der Waals surface area contributed by atoms with Gasteiger partial charge in [0.15, 0.2) is 0 Å². The molecule has 2 fully saturated rings. The van der Waals surface area contributed by atoms with E-state index in [1.54, 1.807) is 0 Å². The summed E-state index contributed by atoms with van der Waals surface area (Å²) >= 11 is 0. The number of hydrogen-bond acceptors (Lipinski definition) is 3. The highest BCUT2D eigenvalue weighted by molar-refractivity contribution is 5.98. The molecule has 0 aromatic carbocycles. The average molecular weight is 223 g/mol. The maximum atomic E-state index is 11.7. The third-order valence-corrected chi connectivity index (χ3v) is 3.80. The molecule has 3 atom stereocenters. The van der Waals surface area contributed by atoms with E-state index in [9.17, 15) is 14.4 Å². The van der Waals surface area contributed by atoms with Gasteiger partial charge in [-0.2, -0.15) is 0 Å². The lowest BCUT2D eigenvalue weighted by Gasteiger charge is -2.33. The van der Waals surface area contributed by atoms with Crippen LogP contribution in [0.3, 0.4) is 0 Å². The molecule has 2 aliphatic rings. The Hall–Kier alpha value is -1.19. The largest absolute Gasteiger partial charge is 0.303 e. The lowest BCUT2D eigenvalue weighted by Crippen LogP contribution is -2.44. The average Bonchev–Trinajstić information content (AvgIpc) is 2.29. The molecule has 88 valence electrons. The summed E-state index contributed by atoms with van der Waals surface area (Å²) in [5, 5.41) is 2.39. The van der Waals surface area contributed by atoms with E-state index in [4.69, 9.17) is 0 Å². The molecule has 1 aliphatic carbocycles. The van der Waals surface area contributed by atoms with Gasteiger partial charge in [-0.15, -0.1) is 0 Å². The van der Waals surface area contributed by atoms with Gasteiger partial charge in [0.2, 0.25) is 11.8 Å². The van der Waals surface area contributed by atoms with Crippen molar-refractivity contribution < 1.29 is 14.4 Å². The summed E-state index contributed by atoms with van der Waals surface area (Å²) in [6, 6.07) is 0. The van der Waals surface area contributed by atoms with Crippen molar-refractivity contribution in [3.8, 4) is 0 Å². The molecular weight excluding hydrogens is 206 g/mol. The lowest BCUT2D eigenvalue weighted by atomic mass is 9.73. The standard InChI is InChI=1S/C12H17NO3/c14-7-8-2-1-3-9(6-8)10-4-5-11(15)13-12(10)16/h7-10H,1-6H2,(H,13,15,16). The van der Waals surface area contributed by atoms with Gasteiger partial charge in [-0.3, -0.25) is 14.9 Å². The van der Waals surface area contributed by atoms with Crippen molar-refractivity contribution in [2.45, 2.75) is 38.5 Å². The molecule has 4 heteroatoms. The van der Waals surface area contributed by atoms with E-state index in [2.05, 4.69) is 5.32 Å². The van der Waals surface area contributed by atoms with Crippen molar-refractivity contribution in [3.05, 3.63) is 0 Å². The molecule has 1 aliphatic heterocycles. The molecule has 1 N–H and O–H groups in total. The summed E-state index contributed by atoms with van der Waals surface area (Å²) in [6.45, 7) is 0. The number of carbonyl (C=O) groups excluding carboxylic acids is 3. The predicted molar refractivity (Wildman–Crippen MR) is 57.4 cm³/mol. The summed E-state index contributed by atoms with van der Waals surface area (Å²) in [5.41, 5.74) is 0. The quantitative estimate of drug-likeness (QED) is 0.562. The van der Waals surface area contributed by atoms with Crippen LogP contribution in [0, 0.1) is 17.8 Å².